The second kappa shape index (κ2) is 7.87. The average Bonchev–Trinajstić information content (AvgIpc) is 2.39. The molecular weight excluding hydrogens is 430 g/mol. The second-order valence-electron chi connectivity index (χ2n) is 3.95. The molecule has 1 aromatic carbocycles. The lowest BCUT2D eigenvalue weighted by Gasteiger charge is -2.09. The van der Waals surface area contributed by atoms with Crippen LogP contribution in [0.1, 0.15) is 13.3 Å². The first-order valence-electron chi connectivity index (χ1n) is 5.72. The van der Waals surface area contributed by atoms with Gasteiger partial charge in [-0.1, -0.05) is 15.9 Å². The van der Waals surface area contributed by atoms with E-state index in [1.54, 1.807) is 12.1 Å². The van der Waals surface area contributed by atoms with Gasteiger partial charge in [0.2, 0.25) is 21.8 Å². The summed E-state index contributed by atoms with van der Waals surface area (Å²) in [7, 11) is -3.73. The third kappa shape index (κ3) is 6.12. The Bertz CT molecular complexity index is 649. The topological polar surface area (TPSA) is 104 Å². The summed E-state index contributed by atoms with van der Waals surface area (Å²) in [4.78, 5) is 22.0. The molecule has 0 saturated carbocycles. The molecule has 0 radical (unpaired) electrons. The third-order valence-corrected chi connectivity index (χ3v) is 5.15. The van der Waals surface area contributed by atoms with Crippen LogP contribution < -0.4 is 15.6 Å². The lowest BCUT2D eigenvalue weighted by Crippen LogP contribution is -2.41. The zero-order valence-electron chi connectivity index (χ0n) is 10.9. The maximum atomic E-state index is 12.1. The van der Waals surface area contributed by atoms with Crippen molar-refractivity contribution in [1.82, 2.24) is 15.6 Å². The molecule has 0 unspecified atom stereocenters. The molecule has 7 nitrogen and oxygen atoms in total. The van der Waals surface area contributed by atoms with Crippen molar-refractivity contribution in [3.05, 3.63) is 27.1 Å². The fraction of sp³-hybridized carbons (Fsp3) is 0.273. The average molecular weight is 443 g/mol. The molecule has 0 aromatic heterocycles. The van der Waals surface area contributed by atoms with Gasteiger partial charge in [-0.15, -0.1) is 0 Å². The maximum absolute atomic E-state index is 12.1. The molecule has 0 aliphatic heterocycles. The van der Waals surface area contributed by atoms with Crippen molar-refractivity contribution in [3.8, 4) is 0 Å². The summed E-state index contributed by atoms with van der Waals surface area (Å²) < 4.78 is 27.5. The Labute approximate surface area is 139 Å². The van der Waals surface area contributed by atoms with E-state index in [4.69, 9.17) is 0 Å². The van der Waals surface area contributed by atoms with E-state index in [1.165, 1.54) is 13.0 Å². The molecule has 0 fully saturated rings. The number of hydrazine groups is 1. The number of hydrogen-bond donors (Lipinski definition) is 3. The smallest absolute Gasteiger partial charge is 0.241 e. The van der Waals surface area contributed by atoms with Crippen LogP contribution in [-0.4, -0.2) is 26.8 Å². The van der Waals surface area contributed by atoms with Crippen LogP contribution in [0.25, 0.3) is 0 Å². The number of amides is 2. The Balaban J connectivity index is 2.60. The van der Waals surface area contributed by atoms with Crippen molar-refractivity contribution in [2.24, 2.45) is 0 Å². The van der Waals surface area contributed by atoms with Crippen molar-refractivity contribution >= 4 is 53.7 Å². The predicted octanol–water partition coefficient (Wildman–Crippen LogP) is 1.05. The number of benzene rings is 1. The number of hydrogen-bond acceptors (Lipinski definition) is 4. The van der Waals surface area contributed by atoms with Gasteiger partial charge >= 0.3 is 0 Å². The summed E-state index contributed by atoms with van der Waals surface area (Å²) in [6.45, 7) is 1.15. The molecule has 1 rings (SSSR count). The highest BCUT2D eigenvalue weighted by Crippen LogP contribution is 2.25. The summed E-state index contributed by atoms with van der Waals surface area (Å²) in [6.07, 6.45) is -0.106. The highest BCUT2D eigenvalue weighted by Gasteiger charge is 2.18. The second-order valence-corrected chi connectivity index (χ2v) is 7.46. The van der Waals surface area contributed by atoms with E-state index in [-0.39, 0.29) is 17.9 Å². The fourth-order valence-electron chi connectivity index (χ4n) is 1.28. The molecule has 1 aromatic rings. The Hall–Kier alpha value is -0.970. The summed E-state index contributed by atoms with van der Waals surface area (Å²) in [5.74, 6) is -0.914. The van der Waals surface area contributed by atoms with Crippen LogP contribution in [0.3, 0.4) is 0 Å². The zero-order valence-corrected chi connectivity index (χ0v) is 14.9. The molecule has 10 heteroatoms. The molecule has 21 heavy (non-hydrogen) atoms. The molecule has 0 bridgehead atoms. The Kier molecular flexibility index (Phi) is 6.78. The largest absolute Gasteiger partial charge is 0.274 e. The zero-order chi connectivity index (χ0) is 16.0. The van der Waals surface area contributed by atoms with Crippen molar-refractivity contribution < 1.29 is 18.0 Å². The molecule has 0 heterocycles. The van der Waals surface area contributed by atoms with E-state index in [2.05, 4.69) is 47.4 Å². The number of halogens is 2. The van der Waals surface area contributed by atoms with E-state index in [9.17, 15) is 18.0 Å². The molecule has 116 valence electrons. The first-order valence-corrected chi connectivity index (χ1v) is 8.79. The summed E-state index contributed by atoms with van der Waals surface area (Å²) >= 11 is 6.36. The lowest BCUT2D eigenvalue weighted by molar-refractivity contribution is -0.127. The monoisotopic (exact) mass is 441 g/mol. The summed E-state index contributed by atoms with van der Waals surface area (Å²) in [5.41, 5.74) is 4.25. The first-order chi connectivity index (χ1) is 9.72. The summed E-state index contributed by atoms with van der Waals surface area (Å²) in [5, 5.41) is 0. The number of rotatable bonds is 5. The Morgan fingerprint density at radius 2 is 1.86 bits per heavy atom. The number of carbonyl (C=O) groups excluding carboxylic acids is 2. The van der Waals surface area contributed by atoms with Crippen LogP contribution in [0.2, 0.25) is 0 Å². The van der Waals surface area contributed by atoms with Gasteiger partial charge in [-0.2, -0.15) is 0 Å². The minimum atomic E-state index is -3.73. The third-order valence-electron chi connectivity index (χ3n) is 2.20. The standard InChI is InChI=1S/C11H13Br2N3O4S/c1-7(17)15-16-11(18)4-5-14-21(19,20)10-6-8(12)2-3-9(10)13/h2-3,6,14H,4-5H2,1H3,(H,15,17)(H,16,18). The molecular formula is C11H13Br2N3O4S. The van der Waals surface area contributed by atoms with Crippen LogP contribution in [0.4, 0.5) is 0 Å². The number of carbonyl (C=O) groups is 2. The number of nitrogens with one attached hydrogen (secondary N) is 3. The van der Waals surface area contributed by atoms with Gasteiger partial charge in [0.05, 0.1) is 4.90 Å². The van der Waals surface area contributed by atoms with Gasteiger partial charge in [0.25, 0.3) is 0 Å². The van der Waals surface area contributed by atoms with Crippen LogP contribution in [0.5, 0.6) is 0 Å². The van der Waals surface area contributed by atoms with Crippen LogP contribution >= 0.6 is 31.9 Å². The number of sulfonamides is 1. The van der Waals surface area contributed by atoms with Gasteiger partial charge in [0.15, 0.2) is 0 Å². The van der Waals surface area contributed by atoms with E-state index >= 15 is 0 Å². The normalized spacial score (nSPS) is 11.0. The molecule has 3 N–H and O–H groups in total. The Morgan fingerprint density at radius 3 is 2.48 bits per heavy atom. The van der Waals surface area contributed by atoms with Crippen molar-refractivity contribution in [2.75, 3.05) is 6.54 Å². The van der Waals surface area contributed by atoms with E-state index in [0.29, 0.717) is 8.95 Å². The predicted molar refractivity (Wildman–Crippen MR) is 83.6 cm³/mol. The highest BCUT2D eigenvalue weighted by atomic mass is 79.9. The SMILES string of the molecule is CC(=O)NNC(=O)CCNS(=O)(=O)c1cc(Br)ccc1Br. The van der Waals surface area contributed by atoms with Crippen molar-refractivity contribution in [3.63, 3.8) is 0 Å². The van der Waals surface area contributed by atoms with Gasteiger partial charge in [0, 0.05) is 28.8 Å². The van der Waals surface area contributed by atoms with Crippen molar-refractivity contribution in [2.45, 2.75) is 18.2 Å². The Morgan fingerprint density at radius 1 is 1.19 bits per heavy atom. The minimum absolute atomic E-state index is 0.0687. The molecule has 0 aliphatic carbocycles. The highest BCUT2D eigenvalue weighted by molar-refractivity contribution is 9.11. The maximum Gasteiger partial charge on any atom is 0.241 e. The first kappa shape index (κ1) is 18.1. The van der Waals surface area contributed by atoms with Crippen LogP contribution in [-0.2, 0) is 19.6 Å². The summed E-state index contributed by atoms with van der Waals surface area (Å²) in [6, 6.07) is 4.75. The van der Waals surface area contributed by atoms with Gasteiger partial charge in [-0.3, -0.25) is 20.4 Å². The quantitative estimate of drug-likeness (QED) is 0.592. The van der Waals surface area contributed by atoms with Gasteiger partial charge in [-0.05, 0) is 34.1 Å². The van der Waals surface area contributed by atoms with Gasteiger partial charge < -0.3 is 0 Å². The van der Waals surface area contributed by atoms with Crippen LogP contribution in [0.15, 0.2) is 32.0 Å². The van der Waals surface area contributed by atoms with Gasteiger partial charge in [-0.25, -0.2) is 13.1 Å². The van der Waals surface area contributed by atoms with Crippen LogP contribution in [0, 0.1) is 0 Å². The molecule has 0 aliphatic rings. The van der Waals surface area contributed by atoms with E-state index in [0.717, 1.165) is 0 Å². The molecule has 2 amide bonds. The van der Waals surface area contributed by atoms with Crippen molar-refractivity contribution in [1.29, 1.82) is 0 Å². The van der Waals surface area contributed by atoms with E-state index in [1.807, 2.05) is 0 Å². The molecule has 0 saturated heterocycles. The fourth-order valence-corrected chi connectivity index (χ4v) is 3.81. The lowest BCUT2D eigenvalue weighted by atomic mass is 10.4. The molecule has 0 atom stereocenters. The van der Waals surface area contributed by atoms with E-state index < -0.39 is 21.8 Å². The molecule has 0 spiro atoms. The minimum Gasteiger partial charge on any atom is -0.274 e. The van der Waals surface area contributed by atoms with Gasteiger partial charge in [0.1, 0.15) is 0 Å².